The fraction of sp³-hybridized carbons (Fsp3) is 0. The number of fused-ring (bicyclic) bond motifs is 1. The Morgan fingerprint density at radius 2 is 2.27 bits per heavy atom. The van der Waals surface area contributed by atoms with Gasteiger partial charge in [-0.1, -0.05) is 0 Å². The van der Waals surface area contributed by atoms with Crippen molar-refractivity contribution in [3.8, 4) is 5.75 Å². The molecule has 0 amide bonds. The zero-order chi connectivity index (χ0) is 7.84. The van der Waals surface area contributed by atoms with E-state index in [9.17, 15) is 5.11 Å². The molecule has 0 aliphatic carbocycles. The number of thiazole rings is 1. The van der Waals surface area contributed by atoms with Crippen LogP contribution in [0.25, 0.3) is 10.2 Å². The van der Waals surface area contributed by atoms with Gasteiger partial charge in [0.1, 0.15) is 5.75 Å². The minimum atomic E-state index is 0.272. The number of halogens is 1. The Bertz CT molecular complexity index is 398. The highest BCUT2D eigenvalue weighted by Gasteiger charge is 2.02. The number of phenolic OH excluding ortho intramolecular Hbond substituents is 1. The third kappa shape index (κ3) is 1.12. The van der Waals surface area contributed by atoms with E-state index in [0.717, 1.165) is 14.7 Å². The van der Waals surface area contributed by atoms with Crippen molar-refractivity contribution in [1.29, 1.82) is 0 Å². The number of nitrogens with zero attached hydrogens (tertiary/aromatic N) is 1. The van der Waals surface area contributed by atoms with Gasteiger partial charge in [0.25, 0.3) is 0 Å². The zero-order valence-electron chi connectivity index (χ0n) is 5.41. The van der Waals surface area contributed by atoms with Crippen LogP contribution in [0.5, 0.6) is 5.75 Å². The number of benzene rings is 1. The highest BCUT2D eigenvalue weighted by atomic mass is 79.9. The summed E-state index contributed by atoms with van der Waals surface area (Å²) in [4.78, 5) is 4.12. The first kappa shape index (κ1) is 7.06. The molecule has 2 nitrogen and oxygen atoms in total. The van der Waals surface area contributed by atoms with E-state index in [4.69, 9.17) is 0 Å². The highest BCUT2D eigenvalue weighted by Crippen LogP contribution is 2.29. The SMILES string of the molecule is Oc1cc(Br)c2ncsc2c1. The first-order chi connectivity index (χ1) is 5.27. The third-order valence-electron chi connectivity index (χ3n) is 1.37. The molecule has 0 saturated carbocycles. The zero-order valence-corrected chi connectivity index (χ0v) is 7.82. The van der Waals surface area contributed by atoms with Gasteiger partial charge in [0.2, 0.25) is 0 Å². The van der Waals surface area contributed by atoms with E-state index in [-0.39, 0.29) is 5.75 Å². The lowest BCUT2D eigenvalue weighted by Gasteiger charge is -1.93. The summed E-state index contributed by atoms with van der Waals surface area (Å²) in [6.07, 6.45) is 0. The second kappa shape index (κ2) is 2.46. The first-order valence-corrected chi connectivity index (χ1v) is 4.66. The van der Waals surface area contributed by atoms with Crippen LogP contribution in [-0.2, 0) is 0 Å². The van der Waals surface area contributed by atoms with Gasteiger partial charge in [-0.3, -0.25) is 0 Å². The van der Waals surface area contributed by atoms with E-state index in [1.54, 1.807) is 17.6 Å². The normalized spacial score (nSPS) is 10.6. The van der Waals surface area contributed by atoms with Gasteiger partial charge in [0.05, 0.1) is 15.7 Å². The van der Waals surface area contributed by atoms with Crippen molar-refractivity contribution < 1.29 is 5.11 Å². The third-order valence-corrected chi connectivity index (χ3v) is 2.76. The minimum absolute atomic E-state index is 0.272. The summed E-state index contributed by atoms with van der Waals surface area (Å²) >= 11 is 4.83. The summed E-state index contributed by atoms with van der Waals surface area (Å²) in [5.41, 5.74) is 2.67. The van der Waals surface area contributed by atoms with Crippen LogP contribution in [0.3, 0.4) is 0 Å². The second-order valence-electron chi connectivity index (χ2n) is 2.13. The van der Waals surface area contributed by atoms with E-state index in [2.05, 4.69) is 20.9 Å². The summed E-state index contributed by atoms with van der Waals surface area (Å²) in [5, 5.41) is 9.18. The summed E-state index contributed by atoms with van der Waals surface area (Å²) in [5.74, 6) is 0.272. The Balaban J connectivity index is 2.91. The van der Waals surface area contributed by atoms with Gasteiger partial charge in [-0.15, -0.1) is 11.3 Å². The maximum Gasteiger partial charge on any atom is 0.118 e. The monoisotopic (exact) mass is 229 g/mol. The summed E-state index contributed by atoms with van der Waals surface area (Å²) < 4.78 is 1.84. The van der Waals surface area contributed by atoms with E-state index in [1.807, 2.05) is 0 Å². The fourth-order valence-corrected chi connectivity index (χ4v) is 2.33. The lowest BCUT2D eigenvalue weighted by atomic mass is 10.3. The molecule has 0 aliphatic heterocycles. The van der Waals surface area contributed by atoms with Crippen molar-refractivity contribution in [3.63, 3.8) is 0 Å². The molecule has 0 aliphatic rings. The molecule has 11 heavy (non-hydrogen) atoms. The number of rotatable bonds is 0. The molecule has 2 rings (SSSR count). The molecule has 0 spiro atoms. The van der Waals surface area contributed by atoms with Crippen LogP contribution < -0.4 is 0 Å². The van der Waals surface area contributed by atoms with Gasteiger partial charge in [-0.2, -0.15) is 0 Å². The van der Waals surface area contributed by atoms with Crippen LogP contribution in [0.15, 0.2) is 22.1 Å². The Morgan fingerprint density at radius 1 is 1.45 bits per heavy atom. The number of aromatic hydroxyl groups is 1. The molecule has 4 heteroatoms. The van der Waals surface area contributed by atoms with Crippen molar-refractivity contribution in [2.75, 3.05) is 0 Å². The maximum atomic E-state index is 9.18. The molecular formula is C7H4BrNOS. The van der Waals surface area contributed by atoms with Crippen LogP contribution in [0.2, 0.25) is 0 Å². The van der Waals surface area contributed by atoms with E-state index in [0.29, 0.717) is 0 Å². The largest absolute Gasteiger partial charge is 0.508 e. The highest BCUT2D eigenvalue weighted by molar-refractivity contribution is 9.10. The minimum Gasteiger partial charge on any atom is -0.508 e. The molecule has 1 aromatic heterocycles. The van der Waals surface area contributed by atoms with Gasteiger partial charge >= 0.3 is 0 Å². The van der Waals surface area contributed by atoms with Gasteiger partial charge in [-0.05, 0) is 28.1 Å². The Labute approximate surface area is 75.6 Å². The molecule has 0 unspecified atom stereocenters. The van der Waals surface area contributed by atoms with Crippen molar-refractivity contribution in [2.24, 2.45) is 0 Å². The molecule has 0 radical (unpaired) electrons. The average molecular weight is 230 g/mol. The molecule has 0 bridgehead atoms. The van der Waals surface area contributed by atoms with Crippen molar-refractivity contribution in [1.82, 2.24) is 4.98 Å². The summed E-state index contributed by atoms with van der Waals surface area (Å²) in [6, 6.07) is 3.35. The molecule has 0 saturated heterocycles. The quantitative estimate of drug-likeness (QED) is 0.754. The standard InChI is InChI=1S/C7H4BrNOS/c8-5-1-4(10)2-6-7(5)9-3-11-6/h1-3,10H. The smallest absolute Gasteiger partial charge is 0.118 e. The average Bonchev–Trinajstić information content (AvgIpc) is 2.34. The fourth-order valence-electron chi connectivity index (χ4n) is 0.911. The van der Waals surface area contributed by atoms with Gasteiger partial charge in [0.15, 0.2) is 0 Å². The van der Waals surface area contributed by atoms with Crippen molar-refractivity contribution in [3.05, 3.63) is 22.1 Å². The first-order valence-electron chi connectivity index (χ1n) is 2.99. The van der Waals surface area contributed by atoms with Crippen LogP contribution in [0, 0.1) is 0 Å². The molecule has 0 atom stereocenters. The molecule has 0 fully saturated rings. The second-order valence-corrected chi connectivity index (χ2v) is 3.87. The predicted octanol–water partition coefficient (Wildman–Crippen LogP) is 2.76. The lowest BCUT2D eigenvalue weighted by molar-refractivity contribution is 0.476. The van der Waals surface area contributed by atoms with Gasteiger partial charge < -0.3 is 5.11 Å². The Kier molecular flexibility index (Phi) is 1.58. The van der Waals surface area contributed by atoms with E-state index in [1.165, 1.54) is 11.3 Å². The molecule has 1 aromatic carbocycles. The number of aromatic nitrogens is 1. The Morgan fingerprint density at radius 3 is 3.09 bits per heavy atom. The maximum absolute atomic E-state index is 9.18. The molecule has 2 aromatic rings. The van der Waals surface area contributed by atoms with E-state index < -0.39 is 0 Å². The van der Waals surface area contributed by atoms with Crippen molar-refractivity contribution in [2.45, 2.75) is 0 Å². The van der Waals surface area contributed by atoms with Gasteiger partial charge in [-0.25, -0.2) is 4.98 Å². The molecule has 1 heterocycles. The van der Waals surface area contributed by atoms with Gasteiger partial charge in [0, 0.05) is 4.47 Å². The molecule has 1 N–H and O–H groups in total. The summed E-state index contributed by atoms with van der Waals surface area (Å²) in [6.45, 7) is 0. The topological polar surface area (TPSA) is 33.1 Å². The van der Waals surface area contributed by atoms with Crippen LogP contribution in [0.1, 0.15) is 0 Å². The lowest BCUT2D eigenvalue weighted by Crippen LogP contribution is -1.70. The molecular weight excluding hydrogens is 226 g/mol. The van der Waals surface area contributed by atoms with Crippen molar-refractivity contribution >= 4 is 37.5 Å². The number of hydrogen-bond acceptors (Lipinski definition) is 3. The predicted molar refractivity (Wildman–Crippen MR) is 49.0 cm³/mol. The number of hydrogen-bond donors (Lipinski definition) is 1. The van der Waals surface area contributed by atoms with Crippen LogP contribution >= 0.6 is 27.3 Å². The van der Waals surface area contributed by atoms with Crippen LogP contribution in [-0.4, -0.2) is 10.1 Å². The number of phenols is 1. The summed E-state index contributed by atoms with van der Waals surface area (Å²) in [7, 11) is 0. The van der Waals surface area contributed by atoms with Crippen LogP contribution in [0.4, 0.5) is 0 Å². The Hall–Kier alpha value is -0.610. The molecule has 56 valence electrons. The van der Waals surface area contributed by atoms with E-state index >= 15 is 0 Å².